The maximum absolute atomic E-state index is 13.0. The number of nitrogens with zero attached hydrogens (tertiary/aromatic N) is 2. The van der Waals surface area contributed by atoms with E-state index in [9.17, 15) is 14.0 Å². The highest BCUT2D eigenvalue weighted by Crippen LogP contribution is 2.26. The summed E-state index contributed by atoms with van der Waals surface area (Å²) in [5.74, 6) is -0.715. The number of nitrogens with one attached hydrogen (secondary N) is 1. The summed E-state index contributed by atoms with van der Waals surface area (Å²) in [6.45, 7) is 2.12. The summed E-state index contributed by atoms with van der Waals surface area (Å²) in [5.41, 5.74) is 1.40. The van der Waals surface area contributed by atoms with Gasteiger partial charge in [0.15, 0.2) is 0 Å². The maximum Gasteiger partial charge on any atom is 0.230 e. The molecule has 1 aromatic carbocycles. The molecule has 1 aliphatic rings. The Labute approximate surface area is 133 Å². The van der Waals surface area contributed by atoms with Crippen LogP contribution in [0.15, 0.2) is 42.5 Å². The predicted octanol–water partition coefficient (Wildman–Crippen LogP) is 2.52. The van der Waals surface area contributed by atoms with E-state index < -0.39 is 5.92 Å². The summed E-state index contributed by atoms with van der Waals surface area (Å²) in [6, 6.07) is 11.0. The van der Waals surface area contributed by atoms with E-state index in [0.29, 0.717) is 11.5 Å². The zero-order chi connectivity index (χ0) is 16.4. The van der Waals surface area contributed by atoms with Gasteiger partial charge in [-0.1, -0.05) is 6.07 Å². The Morgan fingerprint density at radius 3 is 2.70 bits per heavy atom. The third kappa shape index (κ3) is 3.36. The predicted molar refractivity (Wildman–Crippen MR) is 84.5 cm³/mol. The van der Waals surface area contributed by atoms with Crippen molar-refractivity contribution in [3.05, 3.63) is 54.0 Å². The molecule has 1 N–H and O–H groups in total. The van der Waals surface area contributed by atoms with Gasteiger partial charge in [-0.05, 0) is 43.3 Å². The zero-order valence-corrected chi connectivity index (χ0v) is 12.6. The number of benzene rings is 1. The molecule has 1 aliphatic heterocycles. The Balaban J connectivity index is 1.69. The lowest BCUT2D eigenvalue weighted by atomic mass is 10.1. The van der Waals surface area contributed by atoms with Crippen molar-refractivity contribution in [2.24, 2.45) is 5.92 Å². The van der Waals surface area contributed by atoms with Crippen molar-refractivity contribution >= 4 is 23.3 Å². The number of hydrogen-bond donors (Lipinski definition) is 1. The molecule has 3 rings (SSSR count). The average Bonchev–Trinajstić information content (AvgIpc) is 2.90. The lowest BCUT2D eigenvalue weighted by Crippen LogP contribution is -2.28. The lowest BCUT2D eigenvalue weighted by molar-refractivity contribution is -0.122. The van der Waals surface area contributed by atoms with Gasteiger partial charge in [0.25, 0.3) is 0 Å². The topological polar surface area (TPSA) is 62.3 Å². The number of halogens is 1. The van der Waals surface area contributed by atoms with Gasteiger partial charge in [0.1, 0.15) is 11.6 Å². The van der Waals surface area contributed by atoms with Crippen LogP contribution in [-0.4, -0.2) is 23.3 Å². The quantitative estimate of drug-likeness (QED) is 0.947. The van der Waals surface area contributed by atoms with E-state index in [0.717, 1.165) is 5.69 Å². The molecule has 1 saturated heterocycles. The highest BCUT2D eigenvalue weighted by Gasteiger charge is 2.35. The highest BCUT2D eigenvalue weighted by atomic mass is 19.1. The second kappa shape index (κ2) is 6.16. The molecule has 1 fully saturated rings. The van der Waals surface area contributed by atoms with Gasteiger partial charge in [-0.2, -0.15) is 0 Å². The summed E-state index contributed by atoms with van der Waals surface area (Å²) in [4.78, 5) is 30.2. The second-order valence-electron chi connectivity index (χ2n) is 5.54. The molecule has 23 heavy (non-hydrogen) atoms. The molecule has 0 bridgehead atoms. The van der Waals surface area contributed by atoms with Gasteiger partial charge in [0.2, 0.25) is 11.8 Å². The number of rotatable bonds is 3. The van der Waals surface area contributed by atoms with E-state index in [4.69, 9.17) is 0 Å². The number of carbonyl (C=O) groups is 2. The van der Waals surface area contributed by atoms with Gasteiger partial charge < -0.3 is 10.2 Å². The molecule has 0 saturated carbocycles. The molecule has 0 radical (unpaired) electrons. The first-order valence-electron chi connectivity index (χ1n) is 7.33. The Bertz CT molecular complexity index is 746. The van der Waals surface area contributed by atoms with Crippen LogP contribution < -0.4 is 10.2 Å². The number of amides is 2. The molecule has 2 aromatic rings. The molecule has 0 spiro atoms. The Morgan fingerprint density at radius 2 is 2.00 bits per heavy atom. The van der Waals surface area contributed by atoms with E-state index in [1.807, 2.05) is 19.1 Å². The molecule has 2 amide bonds. The van der Waals surface area contributed by atoms with E-state index in [-0.39, 0.29) is 30.6 Å². The van der Waals surface area contributed by atoms with Crippen LogP contribution >= 0.6 is 0 Å². The van der Waals surface area contributed by atoms with Gasteiger partial charge in [-0.25, -0.2) is 9.37 Å². The first kappa shape index (κ1) is 15.1. The molecule has 1 aromatic heterocycles. The fourth-order valence-electron chi connectivity index (χ4n) is 2.59. The standard InChI is InChI=1S/C17H16FN3O2/c1-11-3-2-4-15(19-11)20-17(23)12-9-16(22)21(10-12)14-7-5-13(18)6-8-14/h2-8,12H,9-10H2,1H3,(H,19,20,23)/t12-/m1/s1. The minimum Gasteiger partial charge on any atom is -0.312 e. The maximum atomic E-state index is 13.0. The van der Waals surface area contributed by atoms with Gasteiger partial charge in [0.05, 0.1) is 5.92 Å². The van der Waals surface area contributed by atoms with Crippen LogP contribution in [0, 0.1) is 18.7 Å². The van der Waals surface area contributed by atoms with Crippen LogP contribution in [0.2, 0.25) is 0 Å². The third-order valence-electron chi connectivity index (χ3n) is 3.77. The van der Waals surface area contributed by atoms with Gasteiger partial charge in [0, 0.05) is 24.3 Å². The van der Waals surface area contributed by atoms with Gasteiger partial charge in [-0.15, -0.1) is 0 Å². The zero-order valence-electron chi connectivity index (χ0n) is 12.6. The smallest absolute Gasteiger partial charge is 0.230 e. The molecule has 0 aliphatic carbocycles. The van der Waals surface area contributed by atoms with Crippen LogP contribution in [0.25, 0.3) is 0 Å². The molecule has 2 heterocycles. The largest absolute Gasteiger partial charge is 0.312 e. The number of aryl methyl sites for hydroxylation is 1. The van der Waals surface area contributed by atoms with Gasteiger partial charge >= 0.3 is 0 Å². The Morgan fingerprint density at radius 1 is 1.26 bits per heavy atom. The summed E-state index contributed by atoms with van der Waals surface area (Å²) < 4.78 is 13.0. The summed E-state index contributed by atoms with van der Waals surface area (Å²) in [5, 5.41) is 2.74. The first-order chi connectivity index (χ1) is 11.0. The summed E-state index contributed by atoms with van der Waals surface area (Å²) in [6.07, 6.45) is 0.134. The molecule has 6 heteroatoms. The SMILES string of the molecule is Cc1cccc(NC(=O)[C@@H]2CC(=O)N(c3ccc(F)cc3)C2)n1. The van der Waals surface area contributed by atoms with Crippen molar-refractivity contribution < 1.29 is 14.0 Å². The monoisotopic (exact) mass is 313 g/mol. The van der Waals surface area contributed by atoms with Crippen molar-refractivity contribution in [1.29, 1.82) is 0 Å². The number of carbonyl (C=O) groups excluding carboxylic acids is 2. The summed E-state index contributed by atoms with van der Waals surface area (Å²) >= 11 is 0. The summed E-state index contributed by atoms with van der Waals surface area (Å²) in [7, 11) is 0. The molecule has 1 atom stereocenters. The fraction of sp³-hybridized carbons (Fsp3) is 0.235. The number of aromatic nitrogens is 1. The van der Waals surface area contributed by atoms with Crippen molar-refractivity contribution in [2.75, 3.05) is 16.8 Å². The van der Waals surface area contributed by atoms with Crippen LogP contribution in [0.1, 0.15) is 12.1 Å². The van der Waals surface area contributed by atoms with Crippen LogP contribution in [0.5, 0.6) is 0 Å². The second-order valence-corrected chi connectivity index (χ2v) is 5.54. The highest BCUT2D eigenvalue weighted by molar-refractivity contribution is 6.03. The van der Waals surface area contributed by atoms with Gasteiger partial charge in [-0.3, -0.25) is 9.59 Å². The number of anilines is 2. The minimum atomic E-state index is -0.449. The Hall–Kier alpha value is -2.76. The normalized spacial score (nSPS) is 17.4. The van der Waals surface area contributed by atoms with Crippen molar-refractivity contribution in [2.45, 2.75) is 13.3 Å². The van der Waals surface area contributed by atoms with E-state index in [1.165, 1.54) is 29.2 Å². The molecule has 0 unspecified atom stereocenters. The molecular formula is C17H16FN3O2. The Kier molecular flexibility index (Phi) is 4.06. The lowest BCUT2D eigenvalue weighted by Gasteiger charge is -2.16. The number of pyridine rings is 1. The number of hydrogen-bond acceptors (Lipinski definition) is 3. The van der Waals surface area contributed by atoms with Crippen molar-refractivity contribution in [3.8, 4) is 0 Å². The van der Waals surface area contributed by atoms with Crippen molar-refractivity contribution in [1.82, 2.24) is 4.98 Å². The van der Waals surface area contributed by atoms with E-state index in [1.54, 1.807) is 6.07 Å². The molecule has 118 valence electrons. The van der Waals surface area contributed by atoms with E-state index >= 15 is 0 Å². The first-order valence-corrected chi connectivity index (χ1v) is 7.33. The van der Waals surface area contributed by atoms with Crippen LogP contribution in [0.3, 0.4) is 0 Å². The van der Waals surface area contributed by atoms with E-state index in [2.05, 4.69) is 10.3 Å². The molecular weight excluding hydrogens is 297 g/mol. The van der Waals surface area contributed by atoms with Crippen molar-refractivity contribution in [3.63, 3.8) is 0 Å². The fourth-order valence-corrected chi connectivity index (χ4v) is 2.59. The minimum absolute atomic E-state index is 0.134. The third-order valence-corrected chi connectivity index (χ3v) is 3.77. The van der Waals surface area contributed by atoms with Crippen LogP contribution in [0.4, 0.5) is 15.9 Å². The molecule has 5 nitrogen and oxygen atoms in total. The van der Waals surface area contributed by atoms with Crippen LogP contribution in [-0.2, 0) is 9.59 Å². The average molecular weight is 313 g/mol.